The zero-order valence-electron chi connectivity index (χ0n) is 15.9. The Bertz CT molecular complexity index is 740. The van der Waals surface area contributed by atoms with Crippen molar-refractivity contribution < 1.29 is 4.79 Å². The number of rotatable bonds is 7. The van der Waals surface area contributed by atoms with E-state index in [1.807, 2.05) is 29.4 Å². The van der Waals surface area contributed by atoms with Gasteiger partial charge in [-0.05, 0) is 49.5 Å². The Labute approximate surface area is 161 Å². The second-order valence-corrected chi connectivity index (χ2v) is 7.97. The van der Waals surface area contributed by atoms with Gasteiger partial charge in [0.05, 0.1) is 0 Å². The van der Waals surface area contributed by atoms with Crippen molar-refractivity contribution in [1.29, 1.82) is 0 Å². The standard InChI is InChI=1S/C21H29N5O/c27-21(22-11-10-17-5-2-1-3-6-17)25-12-4-7-19(15-25)13-20-24-23-16-26(20)14-18-8-9-18/h1-3,5-6,16,18-19H,4,7-15H2,(H,22,27). The highest BCUT2D eigenvalue weighted by Crippen LogP contribution is 2.31. The van der Waals surface area contributed by atoms with Crippen LogP contribution in [0.25, 0.3) is 0 Å². The van der Waals surface area contributed by atoms with E-state index >= 15 is 0 Å². The molecule has 6 heteroatoms. The molecule has 6 nitrogen and oxygen atoms in total. The molecule has 2 aromatic rings. The number of aromatic nitrogens is 3. The van der Waals surface area contributed by atoms with Crippen LogP contribution >= 0.6 is 0 Å². The van der Waals surface area contributed by atoms with E-state index in [9.17, 15) is 4.79 Å². The highest BCUT2D eigenvalue weighted by Gasteiger charge is 2.27. The molecule has 2 fully saturated rings. The smallest absolute Gasteiger partial charge is 0.317 e. The van der Waals surface area contributed by atoms with Crippen molar-refractivity contribution in [3.05, 3.63) is 48.0 Å². The van der Waals surface area contributed by atoms with Crippen LogP contribution in [0.5, 0.6) is 0 Å². The fraction of sp³-hybridized carbons (Fsp3) is 0.571. The Morgan fingerprint density at radius 3 is 2.81 bits per heavy atom. The van der Waals surface area contributed by atoms with E-state index in [0.29, 0.717) is 12.5 Å². The lowest BCUT2D eigenvalue weighted by Crippen LogP contribution is -2.46. The van der Waals surface area contributed by atoms with Crippen molar-refractivity contribution in [2.75, 3.05) is 19.6 Å². The van der Waals surface area contributed by atoms with Gasteiger partial charge >= 0.3 is 6.03 Å². The number of nitrogens with zero attached hydrogens (tertiary/aromatic N) is 4. The van der Waals surface area contributed by atoms with Gasteiger partial charge in [-0.25, -0.2) is 4.79 Å². The highest BCUT2D eigenvalue weighted by molar-refractivity contribution is 5.74. The summed E-state index contributed by atoms with van der Waals surface area (Å²) in [5.41, 5.74) is 1.25. The first-order valence-electron chi connectivity index (χ1n) is 10.2. The maximum Gasteiger partial charge on any atom is 0.317 e. The van der Waals surface area contributed by atoms with Gasteiger partial charge in [0.1, 0.15) is 12.2 Å². The molecular formula is C21H29N5O. The first-order valence-corrected chi connectivity index (χ1v) is 10.2. The minimum Gasteiger partial charge on any atom is -0.338 e. The van der Waals surface area contributed by atoms with E-state index < -0.39 is 0 Å². The topological polar surface area (TPSA) is 63.1 Å². The molecular weight excluding hydrogens is 338 g/mol. The van der Waals surface area contributed by atoms with Crippen molar-refractivity contribution in [1.82, 2.24) is 25.0 Å². The molecule has 1 aromatic carbocycles. The van der Waals surface area contributed by atoms with Gasteiger partial charge in [0.25, 0.3) is 0 Å². The summed E-state index contributed by atoms with van der Waals surface area (Å²) in [5.74, 6) is 2.37. The number of piperidine rings is 1. The van der Waals surface area contributed by atoms with Crippen LogP contribution in [0.1, 0.15) is 37.1 Å². The number of benzene rings is 1. The number of hydrogen-bond acceptors (Lipinski definition) is 3. The maximum atomic E-state index is 12.5. The van der Waals surface area contributed by atoms with Crippen LogP contribution in [-0.4, -0.2) is 45.3 Å². The minimum atomic E-state index is 0.0649. The summed E-state index contributed by atoms with van der Waals surface area (Å²) in [6, 6.07) is 10.3. The highest BCUT2D eigenvalue weighted by atomic mass is 16.2. The summed E-state index contributed by atoms with van der Waals surface area (Å²) >= 11 is 0. The molecule has 1 atom stereocenters. The molecule has 2 heterocycles. The predicted molar refractivity (Wildman–Crippen MR) is 104 cm³/mol. The number of carbonyl (C=O) groups excluding carboxylic acids is 1. The fourth-order valence-corrected chi connectivity index (χ4v) is 3.91. The molecule has 0 spiro atoms. The van der Waals surface area contributed by atoms with Crippen LogP contribution in [0.3, 0.4) is 0 Å². The zero-order chi connectivity index (χ0) is 18.5. The van der Waals surface area contributed by atoms with E-state index in [1.165, 1.54) is 18.4 Å². The third-order valence-electron chi connectivity index (χ3n) is 5.66. The lowest BCUT2D eigenvalue weighted by Gasteiger charge is -2.32. The monoisotopic (exact) mass is 367 g/mol. The first-order chi connectivity index (χ1) is 13.3. The van der Waals surface area contributed by atoms with Crippen LogP contribution in [0, 0.1) is 11.8 Å². The normalized spacial score (nSPS) is 19.9. The zero-order valence-corrected chi connectivity index (χ0v) is 15.9. The molecule has 4 rings (SSSR count). The Balaban J connectivity index is 1.25. The van der Waals surface area contributed by atoms with Crippen LogP contribution < -0.4 is 5.32 Å². The first kappa shape index (κ1) is 18.0. The minimum absolute atomic E-state index is 0.0649. The van der Waals surface area contributed by atoms with Gasteiger partial charge in [0, 0.05) is 32.6 Å². The van der Waals surface area contributed by atoms with E-state index in [2.05, 4.69) is 32.2 Å². The number of urea groups is 1. The average Bonchev–Trinajstić information content (AvgIpc) is 3.41. The number of nitrogens with one attached hydrogen (secondary N) is 1. The molecule has 1 saturated heterocycles. The molecule has 1 unspecified atom stereocenters. The second-order valence-electron chi connectivity index (χ2n) is 7.97. The molecule has 27 heavy (non-hydrogen) atoms. The third-order valence-corrected chi connectivity index (χ3v) is 5.66. The fourth-order valence-electron chi connectivity index (χ4n) is 3.91. The average molecular weight is 367 g/mol. The molecule has 1 aliphatic carbocycles. The van der Waals surface area contributed by atoms with Crippen LogP contribution in [0.4, 0.5) is 4.79 Å². The van der Waals surface area contributed by atoms with Crippen LogP contribution in [0.2, 0.25) is 0 Å². The van der Waals surface area contributed by atoms with Crippen molar-refractivity contribution in [3.63, 3.8) is 0 Å². The summed E-state index contributed by atoms with van der Waals surface area (Å²) in [5, 5.41) is 11.5. The van der Waals surface area contributed by atoms with Crippen molar-refractivity contribution >= 4 is 6.03 Å². The van der Waals surface area contributed by atoms with Crippen molar-refractivity contribution in [2.45, 2.75) is 45.1 Å². The molecule has 0 radical (unpaired) electrons. The van der Waals surface area contributed by atoms with Gasteiger partial charge in [-0.2, -0.15) is 0 Å². The van der Waals surface area contributed by atoms with Crippen LogP contribution in [0.15, 0.2) is 36.7 Å². The second kappa shape index (κ2) is 8.55. The Morgan fingerprint density at radius 1 is 1.15 bits per heavy atom. The van der Waals surface area contributed by atoms with Gasteiger partial charge in [-0.15, -0.1) is 10.2 Å². The summed E-state index contributed by atoms with van der Waals surface area (Å²) in [4.78, 5) is 14.5. The molecule has 0 bridgehead atoms. The largest absolute Gasteiger partial charge is 0.338 e. The molecule has 1 saturated carbocycles. The van der Waals surface area contributed by atoms with Crippen molar-refractivity contribution in [2.24, 2.45) is 11.8 Å². The summed E-state index contributed by atoms with van der Waals surface area (Å²) in [6.45, 7) is 3.40. The number of likely N-dealkylation sites (tertiary alicyclic amines) is 1. The predicted octanol–water partition coefficient (Wildman–Crippen LogP) is 2.89. The Morgan fingerprint density at radius 2 is 2.00 bits per heavy atom. The van der Waals surface area contributed by atoms with E-state index in [4.69, 9.17) is 0 Å². The maximum absolute atomic E-state index is 12.5. The number of carbonyl (C=O) groups is 1. The van der Waals surface area contributed by atoms with E-state index in [0.717, 1.165) is 57.1 Å². The Kier molecular flexibility index (Phi) is 5.70. The summed E-state index contributed by atoms with van der Waals surface area (Å²) < 4.78 is 2.22. The molecule has 1 aromatic heterocycles. The van der Waals surface area contributed by atoms with E-state index in [-0.39, 0.29) is 6.03 Å². The molecule has 2 aliphatic rings. The lowest BCUT2D eigenvalue weighted by molar-refractivity contribution is 0.164. The summed E-state index contributed by atoms with van der Waals surface area (Å²) in [7, 11) is 0. The summed E-state index contributed by atoms with van der Waals surface area (Å²) in [6.07, 6.45) is 8.53. The number of hydrogen-bond donors (Lipinski definition) is 1. The lowest BCUT2D eigenvalue weighted by atomic mass is 9.94. The quantitative estimate of drug-likeness (QED) is 0.818. The van der Waals surface area contributed by atoms with Gasteiger partial charge in [-0.1, -0.05) is 30.3 Å². The van der Waals surface area contributed by atoms with Crippen molar-refractivity contribution in [3.8, 4) is 0 Å². The third kappa shape index (κ3) is 5.08. The molecule has 144 valence electrons. The number of amides is 2. The Hall–Kier alpha value is -2.37. The van der Waals surface area contributed by atoms with Crippen LogP contribution in [-0.2, 0) is 19.4 Å². The van der Waals surface area contributed by atoms with Gasteiger partial charge < -0.3 is 14.8 Å². The molecule has 1 N–H and O–H groups in total. The molecule has 2 amide bonds. The SMILES string of the molecule is O=C(NCCc1ccccc1)N1CCCC(Cc2nncn2CC2CC2)C1. The van der Waals surface area contributed by atoms with Gasteiger partial charge in [0.15, 0.2) is 0 Å². The van der Waals surface area contributed by atoms with E-state index in [1.54, 1.807) is 0 Å². The van der Waals surface area contributed by atoms with Gasteiger partial charge in [0.2, 0.25) is 0 Å². The molecule has 1 aliphatic heterocycles. The van der Waals surface area contributed by atoms with Gasteiger partial charge in [-0.3, -0.25) is 0 Å².